The standard InChI is InChI=1S/C16H14N2O4S2/c19-16(20)15-14(6-8-23-15)24(21,22)18-7-5-11-10-3-1-2-4-12(10)17-13(11)9-18/h1-4,6,8,17H,5,7,9H2,(H,19,20). The minimum Gasteiger partial charge on any atom is -0.477 e. The van der Waals surface area contributed by atoms with Crippen LogP contribution in [0.5, 0.6) is 0 Å². The van der Waals surface area contributed by atoms with Crippen LogP contribution >= 0.6 is 11.3 Å². The number of carboxylic acids is 1. The van der Waals surface area contributed by atoms with E-state index in [2.05, 4.69) is 4.98 Å². The lowest BCUT2D eigenvalue weighted by Gasteiger charge is -2.26. The van der Waals surface area contributed by atoms with Crippen LogP contribution in [0.3, 0.4) is 0 Å². The fourth-order valence-electron chi connectivity index (χ4n) is 3.17. The number of carbonyl (C=O) groups is 1. The topological polar surface area (TPSA) is 90.5 Å². The van der Waals surface area contributed by atoms with E-state index in [1.807, 2.05) is 24.3 Å². The number of para-hydroxylation sites is 1. The van der Waals surface area contributed by atoms with Crippen molar-refractivity contribution in [3.8, 4) is 0 Å². The highest BCUT2D eigenvalue weighted by Gasteiger charge is 2.33. The maximum atomic E-state index is 12.9. The fourth-order valence-corrected chi connectivity index (χ4v) is 5.81. The minimum atomic E-state index is -3.83. The first-order valence-corrected chi connectivity index (χ1v) is 9.70. The van der Waals surface area contributed by atoms with E-state index in [0.29, 0.717) is 13.0 Å². The highest BCUT2D eigenvalue weighted by atomic mass is 32.2. The van der Waals surface area contributed by atoms with Crippen molar-refractivity contribution in [2.24, 2.45) is 0 Å². The molecule has 0 radical (unpaired) electrons. The Morgan fingerprint density at radius 2 is 2.04 bits per heavy atom. The zero-order valence-electron chi connectivity index (χ0n) is 12.5. The molecule has 4 rings (SSSR count). The number of aromatic carboxylic acids is 1. The second-order valence-corrected chi connectivity index (χ2v) is 8.46. The summed E-state index contributed by atoms with van der Waals surface area (Å²) < 4.78 is 27.1. The fraction of sp³-hybridized carbons (Fsp3) is 0.188. The molecule has 2 N–H and O–H groups in total. The van der Waals surface area contributed by atoms with Gasteiger partial charge in [-0.05, 0) is 29.5 Å². The molecular formula is C16H14N2O4S2. The molecule has 0 spiro atoms. The Balaban J connectivity index is 1.73. The molecule has 6 nitrogen and oxygen atoms in total. The number of hydrogen-bond donors (Lipinski definition) is 2. The van der Waals surface area contributed by atoms with Gasteiger partial charge in [-0.2, -0.15) is 4.31 Å². The van der Waals surface area contributed by atoms with Crippen molar-refractivity contribution < 1.29 is 18.3 Å². The number of nitrogens with zero attached hydrogens (tertiary/aromatic N) is 1. The van der Waals surface area contributed by atoms with Gasteiger partial charge in [-0.25, -0.2) is 13.2 Å². The Morgan fingerprint density at radius 1 is 1.25 bits per heavy atom. The van der Waals surface area contributed by atoms with E-state index in [1.165, 1.54) is 15.8 Å². The van der Waals surface area contributed by atoms with Gasteiger partial charge in [0.05, 0.1) is 6.54 Å². The molecule has 0 amide bonds. The molecule has 0 bridgehead atoms. The van der Waals surface area contributed by atoms with E-state index in [1.54, 1.807) is 0 Å². The molecule has 0 saturated carbocycles. The molecule has 0 saturated heterocycles. The average molecular weight is 362 g/mol. The van der Waals surface area contributed by atoms with Crippen molar-refractivity contribution in [1.29, 1.82) is 0 Å². The predicted molar refractivity (Wildman–Crippen MR) is 90.9 cm³/mol. The molecular weight excluding hydrogens is 348 g/mol. The highest BCUT2D eigenvalue weighted by Crippen LogP contribution is 2.32. The van der Waals surface area contributed by atoms with E-state index in [4.69, 9.17) is 0 Å². The number of carboxylic acid groups (broad SMARTS) is 1. The first kappa shape index (κ1) is 15.4. The SMILES string of the molecule is O=C(O)c1sccc1S(=O)(=O)N1CCc2c([nH]c3ccccc23)C1. The number of fused-ring (bicyclic) bond motifs is 3. The third kappa shape index (κ3) is 2.26. The number of aromatic amines is 1. The zero-order chi connectivity index (χ0) is 16.9. The molecule has 0 aliphatic carbocycles. The Hall–Kier alpha value is -2.16. The second kappa shape index (κ2) is 5.44. The van der Waals surface area contributed by atoms with E-state index in [9.17, 15) is 18.3 Å². The van der Waals surface area contributed by atoms with Crippen LogP contribution in [0.2, 0.25) is 0 Å². The normalized spacial score (nSPS) is 15.5. The maximum Gasteiger partial charge on any atom is 0.347 e. The number of benzene rings is 1. The van der Waals surface area contributed by atoms with Crippen LogP contribution in [-0.2, 0) is 23.0 Å². The molecule has 8 heteroatoms. The Bertz CT molecular complexity index is 1050. The summed E-state index contributed by atoms with van der Waals surface area (Å²) in [6.45, 7) is 0.563. The Kier molecular flexibility index (Phi) is 3.48. The van der Waals surface area contributed by atoms with Crippen LogP contribution in [0.25, 0.3) is 10.9 Å². The van der Waals surface area contributed by atoms with Crippen molar-refractivity contribution in [2.75, 3.05) is 6.54 Å². The van der Waals surface area contributed by atoms with Gasteiger partial charge >= 0.3 is 5.97 Å². The number of aromatic nitrogens is 1. The summed E-state index contributed by atoms with van der Waals surface area (Å²) in [6.07, 6.45) is 0.602. The number of nitrogens with one attached hydrogen (secondary N) is 1. The van der Waals surface area contributed by atoms with Gasteiger partial charge in [0.25, 0.3) is 0 Å². The van der Waals surface area contributed by atoms with Crippen LogP contribution in [-0.4, -0.2) is 35.3 Å². The van der Waals surface area contributed by atoms with Gasteiger partial charge in [-0.1, -0.05) is 18.2 Å². The second-order valence-electron chi connectivity index (χ2n) is 5.64. The lowest BCUT2D eigenvalue weighted by molar-refractivity contribution is 0.0698. The average Bonchev–Trinajstić information content (AvgIpc) is 3.19. The molecule has 3 heterocycles. The lowest BCUT2D eigenvalue weighted by atomic mass is 10.1. The number of thiophene rings is 1. The number of sulfonamides is 1. The summed E-state index contributed by atoms with van der Waals surface area (Å²) in [4.78, 5) is 14.3. The highest BCUT2D eigenvalue weighted by molar-refractivity contribution is 7.89. The molecule has 2 aromatic heterocycles. The van der Waals surface area contributed by atoms with E-state index in [-0.39, 0.29) is 16.3 Å². The zero-order valence-corrected chi connectivity index (χ0v) is 14.2. The van der Waals surface area contributed by atoms with E-state index < -0.39 is 16.0 Å². The molecule has 1 aliphatic rings. The van der Waals surface area contributed by atoms with Gasteiger partial charge in [-0.15, -0.1) is 11.3 Å². The maximum absolute atomic E-state index is 12.9. The number of H-pyrrole nitrogens is 1. The van der Waals surface area contributed by atoms with E-state index >= 15 is 0 Å². The summed E-state index contributed by atoms with van der Waals surface area (Å²) in [5.74, 6) is -1.22. The van der Waals surface area contributed by atoms with Gasteiger partial charge in [-0.3, -0.25) is 0 Å². The van der Waals surface area contributed by atoms with Gasteiger partial charge < -0.3 is 10.1 Å². The summed E-state index contributed by atoms with van der Waals surface area (Å²) in [7, 11) is -3.83. The number of rotatable bonds is 3. The third-order valence-corrected chi connectivity index (χ3v) is 7.21. The van der Waals surface area contributed by atoms with Crippen LogP contribution in [0.1, 0.15) is 20.9 Å². The summed E-state index contributed by atoms with van der Waals surface area (Å²) in [5, 5.41) is 11.8. The van der Waals surface area contributed by atoms with Crippen molar-refractivity contribution in [2.45, 2.75) is 17.9 Å². The van der Waals surface area contributed by atoms with Gasteiger partial charge in [0.1, 0.15) is 9.77 Å². The van der Waals surface area contributed by atoms with Gasteiger partial charge in [0.2, 0.25) is 10.0 Å². The molecule has 0 fully saturated rings. The van der Waals surface area contributed by atoms with Crippen LogP contribution < -0.4 is 0 Å². The van der Waals surface area contributed by atoms with Crippen molar-refractivity contribution in [3.05, 3.63) is 51.8 Å². The molecule has 24 heavy (non-hydrogen) atoms. The van der Waals surface area contributed by atoms with Crippen LogP contribution in [0.4, 0.5) is 0 Å². The minimum absolute atomic E-state index is 0.125. The molecule has 3 aromatic rings. The predicted octanol–water partition coefficient (Wildman–Crippen LogP) is 2.67. The monoisotopic (exact) mass is 362 g/mol. The number of hydrogen-bond acceptors (Lipinski definition) is 4. The summed E-state index contributed by atoms with van der Waals surface area (Å²) in [5.41, 5.74) is 3.00. The van der Waals surface area contributed by atoms with Crippen molar-refractivity contribution >= 4 is 38.2 Å². The summed E-state index contributed by atoms with van der Waals surface area (Å²) >= 11 is 0.925. The molecule has 1 aliphatic heterocycles. The molecule has 0 unspecified atom stereocenters. The first-order valence-electron chi connectivity index (χ1n) is 7.38. The molecule has 124 valence electrons. The van der Waals surface area contributed by atoms with E-state index in [0.717, 1.165) is 33.5 Å². The lowest BCUT2D eigenvalue weighted by Crippen LogP contribution is -2.36. The van der Waals surface area contributed by atoms with Gasteiger partial charge in [0.15, 0.2) is 0 Å². The smallest absolute Gasteiger partial charge is 0.347 e. The quantitative estimate of drug-likeness (QED) is 0.749. The first-order chi connectivity index (χ1) is 11.5. The van der Waals surface area contributed by atoms with Crippen molar-refractivity contribution in [1.82, 2.24) is 9.29 Å². The van der Waals surface area contributed by atoms with Crippen molar-refractivity contribution in [3.63, 3.8) is 0 Å². The Morgan fingerprint density at radius 3 is 2.83 bits per heavy atom. The van der Waals surface area contributed by atoms with Gasteiger partial charge in [0, 0.05) is 23.1 Å². The molecule has 1 aromatic carbocycles. The van der Waals surface area contributed by atoms with Crippen LogP contribution in [0.15, 0.2) is 40.6 Å². The summed E-state index contributed by atoms with van der Waals surface area (Å²) in [6, 6.07) is 9.25. The Labute approximate surface area is 142 Å². The third-order valence-electron chi connectivity index (χ3n) is 4.29. The molecule has 0 atom stereocenters. The largest absolute Gasteiger partial charge is 0.477 e. The van der Waals surface area contributed by atoms with Crippen LogP contribution in [0, 0.1) is 0 Å².